The second kappa shape index (κ2) is 4.49. The molecular formula is C12H16N4O3. The zero-order valence-electron chi connectivity index (χ0n) is 11.4. The van der Waals surface area contributed by atoms with Crippen LogP contribution < -0.4 is 11.2 Å². The van der Waals surface area contributed by atoms with Gasteiger partial charge in [-0.15, -0.1) is 0 Å². The maximum absolute atomic E-state index is 12.3. The molecule has 2 heterocycles. The number of aryl methyl sites for hydroxylation is 3. The minimum atomic E-state index is -0.520. The van der Waals surface area contributed by atoms with E-state index in [2.05, 4.69) is 4.98 Å². The minimum absolute atomic E-state index is 0.214. The molecule has 0 saturated carbocycles. The van der Waals surface area contributed by atoms with Gasteiger partial charge in [0.2, 0.25) is 0 Å². The molecule has 102 valence electrons. The molecule has 0 radical (unpaired) electrons. The molecule has 0 saturated heterocycles. The molecule has 0 aliphatic heterocycles. The predicted octanol–water partition coefficient (Wildman–Crippen LogP) is -0.415. The molecule has 0 aliphatic carbocycles. The number of nitrogens with zero attached hydrogens (tertiary/aromatic N) is 4. The number of Topliss-reactive ketones (excluding diaryl/α,β-unsaturated/α-hetero) is 1. The fraction of sp³-hybridized carbons (Fsp3) is 0.500. The summed E-state index contributed by atoms with van der Waals surface area (Å²) in [5, 5.41) is 0. The van der Waals surface area contributed by atoms with E-state index < -0.39 is 11.2 Å². The van der Waals surface area contributed by atoms with Crippen LogP contribution in [0.15, 0.2) is 9.59 Å². The molecular weight excluding hydrogens is 248 g/mol. The fourth-order valence-corrected chi connectivity index (χ4v) is 2.17. The third kappa shape index (κ3) is 1.91. The van der Waals surface area contributed by atoms with Gasteiger partial charge >= 0.3 is 5.69 Å². The van der Waals surface area contributed by atoms with Crippen LogP contribution in [-0.2, 0) is 31.9 Å². The Labute approximate surface area is 109 Å². The van der Waals surface area contributed by atoms with E-state index in [0.29, 0.717) is 17.6 Å². The lowest BCUT2D eigenvalue weighted by molar-refractivity contribution is -0.117. The molecule has 0 bridgehead atoms. The normalized spacial score (nSPS) is 11.2. The monoisotopic (exact) mass is 264 g/mol. The molecule has 0 spiro atoms. The van der Waals surface area contributed by atoms with E-state index in [1.807, 2.05) is 6.92 Å². The topological polar surface area (TPSA) is 78.9 Å². The van der Waals surface area contributed by atoms with Gasteiger partial charge in [-0.1, -0.05) is 6.92 Å². The summed E-state index contributed by atoms with van der Waals surface area (Å²) < 4.78 is 3.93. The third-order valence-corrected chi connectivity index (χ3v) is 3.15. The lowest BCUT2D eigenvalue weighted by Crippen LogP contribution is -2.40. The zero-order chi connectivity index (χ0) is 14.3. The molecule has 2 rings (SSSR count). The Bertz CT molecular complexity index is 779. The number of aromatic nitrogens is 4. The summed E-state index contributed by atoms with van der Waals surface area (Å²) in [5.74, 6) is 0.485. The highest BCUT2D eigenvalue weighted by Gasteiger charge is 2.18. The molecule has 7 heteroatoms. The van der Waals surface area contributed by atoms with Crippen LogP contribution in [0.25, 0.3) is 11.2 Å². The number of hydrogen-bond donors (Lipinski definition) is 0. The first-order chi connectivity index (χ1) is 8.88. The van der Waals surface area contributed by atoms with Crippen molar-refractivity contribution in [3.05, 3.63) is 26.7 Å². The highest BCUT2D eigenvalue weighted by molar-refractivity contribution is 5.76. The summed E-state index contributed by atoms with van der Waals surface area (Å²) in [5.41, 5.74) is -0.286. The van der Waals surface area contributed by atoms with E-state index in [4.69, 9.17) is 0 Å². The van der Waals surface area contributed by atoms with Crippen molar-refractivity contribution < 1.29 is 4.79 Å². The molecule has 2 aromatic rings. The van der Waals surface area contributed by atoms with Crippen LogP contribution in [0.5, 0.6) is 0 Å². The van der Waals surface area contributed by atoms with Crippen LogP contribution in [-0.4, -0.2) is 24.5 Å². The van der Waals surface area contributed by atoms with Gasteiger partial charge in [-0.05, 0) is 6.92 Å². The molecule has 0 aliphatic rings. The van der Waals surface area contributed by atoms with Crippen molar-refractivity contribution >= 4 is 16.9 Å². The second-order valence-electron chi connectivity index (χ2n) is 4.55. The minimum Gasteiger partial charge on any atom is -0.325 e. The van der Waals surface area contributed by atoms with E-state index >= 15 is 0 Å². The third-order valence-electron chi connectivity index (χ3n) is 3.15. The van der Waals surface area contributed by atoms with Gasteiger partial charge in [0.25, 0.3) is 5.56 Å². The highest BCUT2D eigenvalue weighted by Crippen LogP contribution is 2.09. The molecule has 19 heavy (non-hydrogen) atoms. The van der Waals surface area contributed by atoms with Crippen molar-refractivity contribution in [3.63, 3.8) is 0 Å². The first kappa shape index (κ1) is 13.3. The van der Waals surface area contributed by atoms with Crippen LogP contribution in [0.2, 0.25) is 0 Å². The van der Waals surface area contributed by atoms with E-state index in [-0.39, 0.29) is 12.3 Å². The zero-order valence-corrected chi connectivity index (χ0v) is 11.4. The predicted molar refractivity (Wildman–Crippen MR) is 70.3 cm³/mol. The Balaban J connectivity index is 2.95. The summed E-state index contributed by atoms with van der Waals surface area (Å²) >= 11 is 0. The summed E-state index contributed by atoms with van der Waals surface area (Å²) in [4.78, 5) is 39.9. The van der Waals surface area contributed by atoms with Gasteiger partial charge in [-0.2, -0.15) is 0 Å². The van der Waals surface area contributed by atoms with Gasteiger partial charge in [0, 0.05) is 20.5 Å². The second-order valence-corrected chi connectivity index (χ2v) is 4.55. The van der Waals surface area contributed by atoms with E-state index in [9.17, 15) is 14.4 Å². The summed E-state index contributed by atoms with van der Waals surface area (Å²) in [7, 11) is 3.28. The van der Waals surface area contributed by atoms with E-state index in [1.165, 1.54) is 11.5 Å². The van der Waals surface area contributed by atoms with Crippen LogP contribution in [0, 0.1) is 0 Å². The van der Waals surface area contributed by atoms with Gasteiger partial charge in [-0.3, -0.25) is 18.7 Å². The van der Waals surface area contributed by atoms with Gasteiger partial charge in [0.05, 0.1) is 6.54 Å². The number of imidazole rings is 1. The maximum Gasteiger partial charge on any atom is 0.332 e. The molecule has 2 aromatic heterocycles. The van der Waals surface area contributed by atoms with Crippen molar-refractivity contribution in [2.45, 2.75) is 26.8 Å². The summed E-state index contributed by atoms with van der Waals surface area (Å²) in [6.07, 6.45) is 0.658. The first-order valence-electron chi connectivity index (χ1n) is 6.03. The van der Waals surface area contributed by atoms with Crippen molar-refractivity contribution in [2.24, 2.45) is 14.1 Å². The largest absolute Gasteiger partial charge is 0.332 e. The summed E-state index contributed by atoms with van der Waals surface area (Å²) in [6, 6.07) is 0. The Morgan fingerprint density at radius 1 is 1.21 bits per heavy atom. The van der Waals surface area contributed by atoms with Crippen LogP contribution >= 0.6 is 0 Å². The average Bonchev–Trinajstić information content (AvgIpc) is 2.69. The van der Waals surface area contributed by atoms with E-state index in [1.54, 1.807) is 18.7 Å². The first-order valence-corrected chi connectivity index (χ1v) is 6.03. The quantitative estimate of drug-likeness (QED) is 0.754. The number of fused-ring (bicyclic) bond motifs is 1. The number of ketones is 1. The van der Waals surface area contributed by atoms with Crippen molar-refractivity contribution in [3.8, 4) is 0 Å². The Morgan fingerprint density at radius 3 is 2.37 bits per heavy atom. The number of rotatable bonds is 3. The Hall–Kier alpha value is -2.18. The Kier molecular flexibility index (Phi) is 3.13. The van der Waals surface area contributed by atoms with Crippen LogP contribution in [0.3, 0.4) is 0 Å². The SMILES string of the molecule is CCc1nc2c(c(=O)n(CC(C)=O)c(=O)n2C)n1C. The lowest BCUT2D eigenvalue weighted by Gasteiger charge is -2.06. The van der Waals surface area contributed by atoms with Gasteiger partial charge in [-0.25, -0.2) is 9.78 Å². The molecule has 0 N–H and O–H groups in total. The van der Waals surface area contributed by atoms with Crippen LogP contribution in [0.4, 0.5) is 0 Å². The molecule has 7 nitrogen and oxygen atoms in total. The van der Waals surface area contributed by atoms with Gasteiger partial charge in [0.15, 0.2) is 11.2 Å². The average molecular weight is 264 g/mol. The van der Waals surface area contributed by atoms with Gasteiger partial charge < -0.3 is 4.57 Å². The molecule has 0 atom stereocenters. The number of carbonyl (C=O) groups is 1. The Morgan fingerprint density at radius 2 is 1.84 bits per heavy atom. The molecule has 0 amide bonds. The smallest absolute Gasteiger partial charge is 0.325 e. The molecule has 0 aromatic carbocycles. The van der Waals surface area contributed by atoms with Crippen molar-refractivity contribution in [1.29, 1.82) is 0 Å². The molecule has 0 fully saturated rings. The van der Waals surface area contributed by atoms with E-state index in [0.717, 1.165) is 10.4 Å². The highest BCUT2D eigenvalue weighted by atomic mass is 16.2. The standard InChI is InChI=1S/C12H16N4O3/c1-5-8-13-10-9(14(8)3)11(18)16(6-7(2)17)12(19)15(10)4/h5-6H2,1-4H3. The maximum atomic E-state index is 12.3. The molecule has 0 unspecified atom stereocenters. The fourth-order valence-electron chi connectivity index (χ4n) is 2.17. The number of hydrogen-bond acceptors (Lipinski definition) is 4. The van der Waals surface area contributed by atoms with Crippen LogP contribution in [0.1, 0.15) is 19.7 Å². The summed E-state index contributed by atoms with van der Waals surface area (Å²) in [6.45, 7) is 3.05. The van der Waals surface area contributed by atoms with Gasteiger partial charge in [0.1, 0.15) is 11.6 Å². The lowest BCUT2D eigenvalue weighted by atomic mass is 10.4. The van der Waals surface area contributed by atoms with Crippen molar-refractivity contribution in [2.75, 3.05) is 0 Å². The van der Waals surface area contributed by atoms with Crippen molar-refractivity contribution in [1.82, 2.24) is 18.7 Å². The number of carbonyl (C=O) groups excluding carboxylic acids is 1.